The van der Waals surface area contributed by atoms with Crippen molar-refractivity contribution in [2.75, 3.05) is 0 Å². The molecule has 142 valence electrons. The Morgan fingerprint density at radius 2 is 1.55 bits per heavy atom. The van der Waals surface area contributed by atoms with E-state index in [9.17, 15) is 0 Å². The molecule has 0 aliphatic rings. The molecule has 0 unspecified atom stereocenters. The number of hydrogen-bond acceptors (Lipinski definition) is 2. The molecule has 29 heavy (non-hydrogen) atoms. The lowest BCUT2D eigenvalue weighted by molar-refractivity contribution is 0.596. The van der Waals surface area contributed by atoms with Gasteiger partial charge in [0.25, 0.3) is 0 Å². The maximum absolute atomic E-state index is 4.80. The maximum atomic E-state index is 4.80. The van der Waals surface area contributed by atoms with Gasteiger partial charge in [0.2, 0.25) is 0 Å². The number of rotatable bonds is 1. The Morgan fingerprint density at radius 3 is 2.38 bits per heavy atom. The lowest BCUT2D eigenvalue weighted by Gasteiger charge is -2.23. The van der Waals surface area contributed by atoms with Crippen LogP contribution in [0.2, 0.25) is 0 Å². The Balaban J connectivity index is 1.85. The Hall–Kier alpha value is -3.26. The lowest BCUT2D eigenvalue weighted by atomic mass is 9.82. The van der Waals surface area contributed by atoms with Gasteiger partial charge in [0.05, 0.1) is 11.2 Å². The van der Waals surface area contributed by atoms with E-state index in [1.807, 2.05) is 12.4 Å². The van der Waals surface area contributed by atoms with Crippen molar-refractivity contribution in [3.05, 3.63) is 84.2 Å². The molecule has 0 amide bonds. The van der Waals surface area contributed by atoms with Gasteiger partial charge in [-0.3, -0.25) is 9.97 Å². The van der Waals surface area contributed by atoms with Gasteiger partial charge in [-0.05, 0) is 64.4 Å². The van der Waals surface area contributed by atoms with E-state index < -0.39 is 0 Å². The largest absolute Gasteiger partial charge is 0.256 e. The summed E-state index contributed by atoms with van der Waals surface area (Å²) in [5.41, 5.74) is 5.79. The number of pyridine rings is 2. The smallest absolute Gasteiger partial charge is 0.0796 e. The standard InChI is InChI=1S/C27H24N2/c1-17-9-10-25-22(13-17)21-11-12-28-26(23(21)16-29-25)19-14-18-7-5-6-8-20(18)24(15-19)27(2,3)4/h5-16H,1-4H3. The summed E-state index contributed by atoms with van der Waals surface area (Å²) in [5.74, 6) is 0. The molecule has 0 bridgehead atoms. The molecular weight excluding hydrogens is 352 g/mol. The molecule has 2 heteroatoms. The van der Waals surface area contributed by atoms with Gasteiger partial charge in [0.1, 0.15) is 0 Å². The van der Waals surface area contributed by atoms with Crippen LogP contribution in [0.3, 0.4) is 0 Å². The molecule has 0 fully saturated rings. The minimum Gasteiger partial charge on any atom is -0.256 e. The molecule has 0 aliphatic carbocycles. The van der Waals surface area contributed by atoms with Crippen molar-refractivity contribution in [1.82, 2.24) is 9.97 Å². The highest BCUT2D eigenvalue weighted by atomic mass is 14.7. The van der Waals surface area contributed by atoms with Crippen LogP contribution in [-0.4, -0.2) is 9.97 Å². The normalized spacial score (nSPS) is 12.1. The van der Waals surface area contributed by atoms with Crippen LogP contribution >= 0.6 is 0 Å². The first-order valence-corrected chi connectivity index (χ1v) is 10.1. The van der Waals surface area contributed by atoms with Gasteiger partial charge in [0.15, 0.2) is 0 Å². The van der Waals surface area contributed by atoms with Crippen LogP contribution in [0, 0.1) is 6.92 Å². The van der Waals surface area contributed by atoms with Gasteiger partial charge >= 0.3 is 0 Å². The molecule has 0 aliphatic heterocycles. The summed E-state index contributed by atoms with van der Waals surface area (Å²) in [6, 6.07) is 21.7. The first-order valence-electron chi connectivity index (χ1n) is 10.1. The van der Waals surface area contributed by atoms with E-state index in [0.717, 1.165) is 22.2 Å². The van der Waals surface area contributed by atoms with Crippen LogP contribution in [0.25, 0.3) is 43.7 Å². The molecule has 5 rings (SSSR count). The van der Waals surface area contributed by atoms with Crippen LogP contribution in [-0.2, 0) is 5.41 Å². The van der Waals surface area contributed by atoms with Crippen molar-refractivity contribution in [3.63, 3.8) is 0 Å². The van der Waals surface area contributed by atoms with Crippen molar-refractivity contribution in [2.24, 2.45) is 0 Å². The summed E-state index contributed by atoms with van der Waals surface area (Å²) >= 11 is 0. The quantitative estimate of drug-likeness (QED) is 0.289. The van der Waals surface area contributed by atoms with Crippen LogP contribution in [0.5, 0.6) is 0 Å². The average molecular weight is 377 g/mol. The third-order valence-corrected chi connectivity index (χ3v) is 5.71. The molecule has 0 atom stereocenters. The minimum absolute atomic E-state index is 0.0439. The van der Waals surface area contributed by atoms with Crippen molar-refractivity contribution in [2.45, 2.75) is 33.1 Å². The molecule has 2 heterocycles. The summed E-state index contributed by atoms with van der Waals surface area (Å²) in [5, 5.41) is 6.04. The molecule has 2 nitrogen and oxygen atoms in total. The topological polar surface area (TPSA) is 25.8 Å². The molecule has 0 radical (unpaired) electrons. The van der Waals surface area contributed by atoms with E-state index in [1.165, 1.54) is 32.7 Å². The Kier molecular flexibility index (Phi) is 3.92. The second kappa shape index (κ2) is 6.38. The number of aromatic nitrogens is 2. The molecule has 2 aromatic heterocycles. The van der Waals surface area contributed by atoms with Gasteiger partial charge in [-0.15, -0.1) is 0 Å². The van der Waals surface area contributed by atoms with Crippen LogP contribution in [0.1, 0.15) is 31.9 Å². The molecule has 0 spiro atoms. The number of fused-ring (bicyclic) bond motifs is 4. The van der Waals surface area contributed by atoms with E-state index in [-0.39, 0.29) is 5.41 Å². The zero-order valence-corrected chi connectivity index (χ0v) is 17.3. The fourth-order valence-electron chi connectivity index (χ4n) is 4.25. The van der Waals surface area contributed by atoms with Crippen LogP contribution < -0.4 is 0 Å². The Morgan fingerprint density at radius 1 is 0.724 bits per heavy atom. The molecule has 0 saturated carbocycles. The second-order valence-corrected chi connectivity index (χ2v) is 8.89. The van der Waals surface area contributed by atoms with E-state index in [0.29, 0.717) is 0 Å². The van der Waals surface area contributed by atoms with Crippen molar-refractivity contribution in [1.29, 1.82) is 0 Å². The third kappa shape index (κ3) is 2.96. The molecule has 0 saturated heterocycles. The van der Waals surface area contributed by atoms with Crippen molar-refractivity contribution in [3.8, 4) is 11.3 Å². The summed E-state index contributed by atoms with van der Waals surface area (Å²) < 4.78 is 0. The SMILES string of the molecule is Cc1ccc2ncc3c(-c4cc(C(C)(C)C)c5ccccc5c4)nccc3c2c1. The summed E-state index contributed by atoms with van der Waals surface area (Å²) in [6.07, 6.45) is 3.90. The fraction of sp³-hybridized carbons (Fsp3) is 0.185. The Bertz CT molecular complexity index is 1390. The van der Waals surface area contributed by atoms with Gasteiger partial charge in [-0.2, -0.15) is 0 Å². The summed E-state index contributed by atoms with van der Waals surface area (Å²) in [4.78, 5) is 9.53. The maximum Gasteiger partial charge on any atom is 0.0796 e. The predicted molar refractivity (Wildman–Crippen MR) is 123 cm³/mol. The predicted octanol–water partition coefficient (Wildman–Crippen LogP) is 7.21. The molecule has 0 N–H and O–H groups in total. The minimum atomic E-state index is 0.0439. The van der Waals surface area contributed by atoms with Gasteiger partial charge < -0.3 is 0 Å². The lowest BCUT2D eigenvalue weighted by Crippen LogP contribution is -2.12. The van der Waals surface area contributed by atoms with E-state index in [1.54, 1.807) is 0 Å². The first-order chi connectivity index (χ1) is 13.9. The van der Waals surface area contributed by atoms with E-state index >= 15 is 0 Å². The van der Waals surface area contributed by atoms with Crippen LogP contribution in [0.4, 0.5) is 0 Å². The van der Waals surface area contributed by atoms with Gasteiger partial charge in [0, 0.05) is 28.7 Å². The summed E-state index contributed by atoms with van der Waals surface area (Å²) in [6.45, 7) is 8.94. The second-order valence-electron chi connectivity index (χ2n) is 8.89. The average Bonchev–Trinajstić information content (AvgIpc) is 2.71. The highest BCUT2D eigenvalue weighted by Gasteiger charge is 2.19. The zero-order valence-electron chi connectivity index (χ0n) is 17.3. The summed E-state index contributed by atoms with van der Waals surface area (Å²) in [7, 11) is 0. The van der Waals surface area contributed by atoms with E-state index in [2.05, 4.69) is 88.4 Å². The zero-order chi connectivity index (χ0) is 20.2. The molecule has 3 aromatic carbocycles. The van der Waals surface area contributed by atoms with E-state index in [4.69, 9.17) is 9.97 Å². The third-order valence-electron chi connectivity index (χ3n) is 5.71. The van der Waals surface area contributed by atoms with Gasteiger partial charge in [-0.1, -0.05) is 56.7 Å². The number of nitrogens with zero attached hydrogens (tertiary/aromatic N) is 2. The number of benzene rings is 3. The molecular formula is C27H24N2. The number of aryl methyl sites for hydroxylation is 1. The monoisotopic (exact) mass is 376 g/mol. The Labute approximate surface area is 171 Å². The van der Waals surface area contributed by atoms with Crippen molar-refractivity contribution >= 4 is 32.4 Å². The number of hydrogen-bond donors (Lipinski definition) is 0. The van der Waals surface area contributed by atoms with Crippen LogP contribution in [0.15, 0.2) is 73.1 Å². The highest BCUT2D eigenvalue weighted by molar-refractivity contribution is 6.10. The van der Waals surface area contributed by atoms with Crippen molar-refractivity contribution < 1.29 is 0 Å². The fourth-order valence-corrected chi connectivity index (χ4v) is 4.25. The highest BCUT2D eigenvalue weighted by Crippen LogP contribution is 2.37. The first kappa shape index (κ1) is 17.8. The molecule has 5 aromatic rings. The van der Waals surface area contributed by atoms with Gasteiger partial charge in [-0.25, -0.2) is 0 Å².